The molecule has 0 heterocycles. The summed E-state index contributed by atoms with van der Waals surface area (Å²) in [6.45, 7) is 3.62. The summed E-state index contributed by atoms with van der Waals surface area (Å²) in [5, 5.41) is 0. The average Bonchev–Trinajstić information content (AvgIpc) is 2.14. The molecule has 0 saturated carbocycles. The van der Waals surface area contributed by atoms with Crippen molar-refractivity contribution in [1.82, 2.24) is 0 Å². The molecule has 0 N–H and O–H groups in total. The van der Waals surface area contributed by atoms with Crippen LogP contribution in [0.4, 0.5) is 0 Å². The van der Waals surface area contributed by atoms with E-state index in [9.17, 15) is 9.59 Å². The van der Waals surface area contributed by atoms with Crippen LogP contribution in [-0.2, 0) is 19.1 Å². The maximum Gasteiger partial charge on any atom is 0.306 e. The normalized spacial score (nSPS) is 9.00. The third-order valence-corrected chi connectivity index (χ3v) is 1.35. The van der Waals surface area contributed by atoms with Crippen LogP contribution in [0.2, 0.25) is 0 Å². The fraction of sp³-hybridized carbons (Fsp3) is 0.556. The van der Waals surface area contributed by atoms with E-state index in [2.05, 4.69) is 11.3 Å². The summed E-state index contributed by atoms with van der Waals surface area (Å²) in [4.78, 5) is 21.5. The number of ether oxygens (including phenoxy) is 2. The lowest BCUT2D eigenvalue weighted by Gasteiger charge is -2.00. The first-order chi connectivity index (χ1) is 6.20. The number of hydrogen-bond acceptors (Lipinski definition) is 4. The molecule has 0 aliphatic carbocycles. The lowest BCUT2D eigenvalue weighted by molar-refractivity contribution is -0.143. The number of hydrogen-bond donors (Lipinski definition) is 0. The second-order valence-corrected chi connectivity index (χ2v) is 2.40. The minimum Gasteiger partial charge on any atom is -0.469 e. The highest BCUT2D eigenvalue weighted by atomic mass is 16.5. The van der Waals surface area contributed by atoms with Crippen molar-refractivity contribution < 1.29 is 19.1 Å². The van der Waals surface area contributed by atoms with Gasteiger partial charge in [-0.3, -0.25) is 9.59 Å². The molecule has 0 unspecified atom stereocenters. The van der Waals surface area contributed by atoms with Crippen LogP contribution in [0.15, 0.2) is 12.7 Å². The van der Waals surface area contributed by atoms with E-state index in [1.807, 2.05) is 0 Å². The molecular weight excluding hydrogens is 172 g/mol. The van der Waals surface area contributed by atoms with E-state index >= 15 is 0 Å². The summed E-state index contributed by atoms with van der Waals surface area (Å²) in [6.07, 6.45) is 2.45. The average molecular weight is 186 g/mol. The molecule has 4 heteroatoms. The monoisotopic (exact) mass is 186 g/mol. The Morgan fingerprint density at radius 3 is 2.46 bits per heavy atom. The minimum absolute atomic E-state index is 0.219. The van der Waals surface area contributed by atoms with Crippen molar-refractivity contribution in [3.8, 4) is 0 Å². The SMILES string of the molecule is C=CCOC(=O)CCCC(=O)OC. The lowest BCUT2D eigenvalue weighted by atomic mass is 10.2. The van der Waals surface area contributed by atoms with Crippen molar-refractivity contribution in [2.45, 2.75) is 19.3 Å². The Morgan fingerprint density at radius 1 is 1.31 bits per heavy atom. The number of methoxy groups -OCH3 is 1. The van der Waals surface area contributed by atoms with E-state index in [1.54, 1.807) is 0 Å². The van der Waals surface area contributed by atoms with Gasteiger partial charge in [-0.1, -0.05) is 12.7 Å². The van der Waals surface area contributed by atoms with Gasteiger partial charge in [0.2, 0.25) is 0 Å². The Balaban J connectivity index is 3.36. The largest absolute Gasteiger partial charge is 0.469 e. The van der Waals surface area contributed by atoms with Gasteiger partial charge in [0.05, 0.1) is 7.11 Å². The van der Waals surface area contributed by atoms with Crippen LogP contribution < -0.4 is 0 Å². The number of esters is 2. The zero-order valence-electron chi connectivity index (χ0n) is 7.75. The molecule has 0 fully saturated rings. The van der Waals surface area contributed by atoms with Gasteiger partial charge < -0.3 is 9.47 Å². The van der Waals surface area contributed by atoms with Crippen LogP contribution in [0, 0.1) is 0 Å². The molecule has 0 atom stereocenters. The zero-order chi connectivity index (χ0) is 10.1. The van der Waals surface area contributed by atoms with Crippen molar-refractivity contribution in [2.24, 2.45) is 0 Å². The third-order valence-electron chi connectivity index (χ3n) is 1.35. The van der Waals surface area contributed by atoms with Gasteiger partial charge in [0, 0.05) is 12.8 Å². The quantitative estimate of drug-likeness (QED) is 0.459. The second kappa shape index (κ2) is 7.34. The van der Waals surface area contributed by atoms with E-state index in [1.165, 1.54) is 13.2 Å². The first kappa shape index (κ1) is 11.7. The Bertz CT molecular complexity index is 186. The topological polar surface area (TPSA) is 52.6 Å². The van der Waals surface area contributed by atoms with Gasteiger partial charge in [0.1, 0.15) is 6.61 Å². The van der Waals surface area contributed by atoms with E-state index < -0.39 is 0 Å². The summed E-state index contributed by atoms with van der Waals surface area (Å²) in [6, 6.07) is 0. The summed E-state index contributed by atoms with van der Waals surface area (Å²) in [5.41, 5.74) is 0. The second-order valence-electron chi connectivity index (χ2n) is 2.40. The predicted octanol–water partition coefficient (Wildman–Crippen LogP) is 1.06. The van der Waals surface area contributed by atoms with E-state index in [-0.39, 0.29) is 31.4 Å². The van der Waals surface area contributed by atoms with Crippen LogP contribution >= 0.6 is 0 Å². The molecule has 0 rings (SSSR count). The summed E-state index contributed by atoms with van der Waals surface area (Å²) in [7, 11) is 1.32. The molecule has 0 amide bonds. The molecule has 4 nitrogen and oxygen atoms in total. The molecule has 0 saturated heterocycles. The first-order valence-electron chi connectivity index (χ1n) is 4.04. The van der Waals surface area contributed by atoms with E-state index in [0.717, 1.165) is 0 Å². The molecule has 0 radical (unpaired) electrons. The maximum atomic E-state index is 10.8. The van der Waals surface area contributed by atoms with E-state index in [4.69, 9.17) is 4.74 Å². The minimum atomic E-state index is -0.316. The smallest absolute Gasteiger partial charge is 0.306 e. The molecular formula is C9H14O4. The Labute approximate surface area is 77.5 Å². The fourth-order valence-corrected chi connectivity index (χ4v) is 0.703. The van der Waals surface area contributed by atoms with Gasteiger partial charge in [-0.05, 0) is 6.42 Å². The lowest BCUT2D eigenvalue weighted by Crippen LogP contribution is -2.06. The first-order valence-corrected chi connectivity index (χ1v) is 4.04. The van der Waals surface area contributed by atoms with Gasteiger partial charge >= 0.3 is 11.9 Å². The van der Waals surface area contributed by atoms with Crippen molar-refractivity contribution in [2.75, 3.05) is 13.7 Å². The fourth-order valence-electron chi connectivity index (χ4n) is 0.703. The maximum absolute atomic E-state index is 10.8. The van der Waals surface area contributed by atoms with Crippen LogP contribution in [0.1, 0.15) is 19.3 Å². The van der Waals surface area contributed by atoms with Crippen molar-refractivity contribution >= 4 is 11.9 Å². The van der Waals surface area contributed by atoms with Crippen LogP contribution in [-0.4, -0.2) is 25.7 Å². The molecule has 0 aromatic rings. The van der Waals surface area contributed by atoms with Crippen LogP contribution in [0.25, 0.3) is 0 Å². The highest BCUT2D eigenvalue weighted by molar-refractivity contribution is 5.72. The van der Waals surface area contributed by atoms with Crippen molar-refractivity contribution in [1.29, 1.82) is 0 Å². The Hall–Kier alpha value is -1.32. The third kappa shape index (κ3) is 7.05. The Kier molecular flexibility index (Phi) is 6.59. The molecule has 0 spiro atoms. The van der Waals surface area contributed by atoms with Crippen molar-refractivity contribution in [3.63, 3.8) is 0 Å². The molecule has 0 aliphatic heterocycles. The van der Waals surface area contributed by atoms with Crippen molar-refractivity contribution in [3.05, 3.63) is 12.7 Å². The van der Waals surface area contributed by atoms with Gasteiger partial charge in [-0.25, -0.2) is 0 Å². The summed E-state index contributed by atoms with van der Waals surface area (Å²) >= 11 is 0. The molecule has 0 aromatic carbocycles. The summed E-state index contributed by atoms with van der Waals surface area (Å²) in [5.74, 6) is -0.625. The van der Waals surface area contributed by atoms with Gasteiger partial charge in [-0.15, -0.1) is 0 Å². The highest BCUT2D eigenvalue weighted by Gasteiger charge is 2.04. The van der Waals surface area contributed by atoms with Gasteiger partial charge in [0.15, 0.2) is 0 Å². The van der Waals surface area contributed by atoms with Gasteiger partial charge in [-0.2, -0.15) is 0 Å². The van der Waals surface area contributed by atoms with Gasteiger partial charge in [0.25, 0.3) is 0 Å². The molecule has 13 heavy (non-hydrogen) atoms. The molecule has 0 aliphatic rings. The Morgan fingerprint density at radius 2 is 1.92 bits per heavy atom. The number of carbonyl (C=O) groups excluding carboxylic acids is 2. The predicted molar refractivity (Wildman–Crippen MR) is 47.0 cm³/mol. The number of rotatable bonds is 6. The van der Waals surface area contributed by atoms with Crippen LogP contribution in [0.3, 0.4) is 0 Å². The standard InChI is InChI=1S/C9H14O4/c1-3-7-13-9(11)6-4-5-8(10)12-2/h3H,1,4-7H2,2H3. The molecule has 74 valence electrons. The molecule has 0 bridgehead atoms. The molecule has 0 aromatic heterocycles. The number of carbonyl (C=O) groups is 2. The zero-order valence-corrected chi connectivity index (χ0v) is 7.75. The highest BCUT2D eigenvalue weighted by Crippen LogP contribution is 1.98. The van der Waals surface area contributed by atoms with Crippen LogP contribution in [0.5, 0.6) is 0 Å². The van der Waals surface area contributed by atoms with E-state index in [0.29, 0.717) is 6.42 Å². The summed E-state index contributed by atoms with van der Waals surface area (Å²) < 4.78 is 9.10.